The van der Waals surface area contributed by atoms with Crippen molar-refractivity contribution < 1.29 is 5.11 Å². The Hall–Kier alpha value is -1.08. The number of nitrogens with zero attached hydrogens (tertiary/aromatic N) is 1. The molecule has 0 heterocycles. The highest BCUT2D eigenvalue weighted by Gasteiger charge is 2.16. The number of hydrogen-bond acceptors (Lipinski definition) is 3. The van der Waals surface area contributed by atoms with Crippen LogP contribution in [0, 0.1) is 17.2 Å². The minimum absolute atomic E-state index is 0. The van der Waals surface area contributed by atoms with Gasteiger partial charge in [-0.25, -0.2) is 0 Å². The second kappa shape index (κ2) is 8.10. The van der Waals surface area contributed by atoms with Crippen LogP contribution in [-0.4, -0.2) is 11.2 Å². The van der Waals surface area contributed by atoms with E-state index in [-0.39, 0.29) is 18.4 Å². The van der Waals surface area contributed by atoms with Crippen molar-refractivity contribution in [3.8, 4) is 6.07 Å². The summed E-state index contributed by atoms with van der Waals surface area (Å²) in [5.41, 5.74) is 7.47. The van der Waals surface area contributed by atoms with Gasteiger partial charge in [-0.1, -0.05) is 26.0 Å². The van der Waals surface area contributed by atoms with Crippen LogP contribution in [0.2, 0.25) is 0 Å². The van der Waals surface area contributed by atoms with E-state index in [1.165, 1.54) is 0 Å². The number of hydrogen-bond donors (Lipinski definition) is 2. The van der Waals surface area contributed by atoms with Gasteiger partial charge in [0.1, 0.15) is 0 Å². The van der Waals surface area contributed by atoms with Crippen LogP contribution < -0.4 is 5.73 Å². The molecule has 0 bridgehead atoms. The van der Waals surface area contributed by atoms with Crippen molar-refractivity contribution in [3.05, 3.63) is 35.4 Å². The lowest BCUT2D eigenvalue weighted by molar-refractivity contribution is 0.128. The quantitative estimate of drug-likeness (QED) is 0.863. The lowest BCUT2D eigenvalue weighted by atomic mass is 9.95. The zero-order valence-corrected chi connectivity index (χ0v) is 11.7. The Labute approximate surface area is 115 Å². The third-order valence-electron chi connectivity index (χ3n) is 2.88. The van der Waals surface area contributed by atoms with Crippen LogP contribution in [0.3, 0.4) is 0 Å². The summed E-state index contributed by atoms with van der Waals surface area (Å²) in [6, 6.07) is 8.75. The van der Waals surface area contributed by atoms with E-state index in [9.17, 15) is 5.11 Å². The molecule has 0 aliphatic carbocycles. The maximum atomic E-state index is 9.96. The molecule has 1 rings (SSSR count). The standard InChI is InChI=1S/C14H20N2O.ClH/c1-10(2)3-8-13(17)14(16)12-6-4-11(9-15)5-7-12;/h4-7,10,13-14,17H,3,8,16H2,1-2H3;1H/t13-,14+;/m0./s1. The Bertz CT molecular complexity index is 384. The fourth-order valence-electron chi connectivity index (χ4n) is 1.69. The topological polar surface area (TPSA) is 70.0 Å². The largest absolute Gasteiger partial charge is 0.391 e. The van der Waals surface area contributed by atoms with Gasteiger partial charge in [0.15, 0.2) is 0 Å². The Morgan fingerprint density at radius 1 is 1.22 bits per heavy atom. The third-order valence-corrected chi connectivity index (χ3v) is 2.88. The minimum Gasteiger partial charge on any atom is -0.391 e. The monoisotopic (exact) mass is 268 g/mol. The van der Waals surface area contributed by atoms with Crippen molar-refractivity contribution in [1.29, 1.82) is 5.26 Å². The molecule has 18 heavy (non-hydrogen) atoms. The Balaban J connectivity index is 0.00000289. The van der Waals surface area contributed by atoms with E-state index >= 15 is 0 Å². The summed E-state index contributed by atoms with van der Waals surface area (Å²) >= 11 is 0. The highest BCUT2D eigenvalue weighted by molar-refractivity contribution is 5.85. The highest BCUT2D eigenvalue weighted by atomic mass is 35.5. The number of nitriles is 1. The van der Waals surface area contributed by atoms with Crippen LogP contribution >= 0.6 is 12.4 Å². The molecule has 2 atom stereocenters. The Kier molecular flexibility index (Phi) is 7.61. The molecule has 100 valence electrons. The average Bonchev–Trinajstić information content (AvgIpc) is 2.35. The molecule has 0 amide bonds. The summed E-state index contributed by atoms with van der Waals surface area (Å²) in [6.07, 6.45) is 1.15. The fourth-order valence-corrected chi connectivity index (χ4v) is 1.69. The van der Waals surface area contributed by atoms with Crippen molar-refractivity contribution in [3.63, 3.8) is 0 Å². The Morgan fingerprint density at radius 2 is 1.78 bits per heavy atom. The summed E-state index contributed by atoms with van der Waals surface area (Å²) in [4.78, 5) is 0. The number of benzene rings is 1. The van der Waals surface area contributed by atoms with Crippen LogP contribution in [0.5, 0.6) is 0 Å². The van der Waals surface area contributed by atoms with E-state index in [0.29, 0.717) is 17.9 Å². The summed E-state index contributed by atoms with van der Waals surface area (Å²) in [5.74, 6) is 0.567. The first kappa shape index (κ1) is 16.9. The fraction of sp³-hybridized carbons (Fsp3) is 0.500. The maximum Gasteiger partial charge on any atom is 0.0991 e. The maximum absolute atomic E-state index is 9.96. The molecule has 0 saturated heterocycles. The Morgan fingerprint density at radius 3 is 2.22 bits per heavy atom. The third kappa shape index (κ3) is 5.05. The van der Waals surface area contributed by atoms with Crippen LogP contribution in [0.25, 0.3) is 0 Å². The zero-order valence-electron chi connectivity index (χ0n) is 10.8. The number of halogens is 1. The van der Waals surface area contributed by atoms with Gasteiger partial charge in [-0.05, 0) is 36.5 Å². The van der Waals surface area contributed by atoms with Gasteiger partial charge in [-0.2, -0.15) is 5.26 Å². The molecule has 3 N–H and O–H groups in total. The number of rotatable bonds is 5. The normalized spacial score (nSPS) is 13.6. The molecule has 0 aliphatic heterocycles. The van der Waals surface area contributed by atoms with Crippen molar-refractivity contribution in [2.75, 3.05) is 0 Å². The van der Waals surface area contributed by atoms with E-state index in [4.69, 9.17) is 11.0 Å². The van der Waals surface area contributed by atoms with Crippen molar-refractivity contribution in [2.45, 2.75) is 38.8 Å². The number of nitrogens with two attached hydrogens (primary N) is 1. The minimum atomic E-state index is -0.523. The van der Waals surface area contributed by atoms with E-state index in [0.717, 1.165) is 12.0 Å². The predicted octanol–water partition coefficient (Wildman–Crippen LogP) is 2.78. The summed E-state index contributed by atoms with van der Waals surface area (Å²) in [6.45, 7) is 4.25. The summed E-state index contributed by atoms with van der Waals surface area (Å²) in [7, 11) is 0. The van der Waals surface area contributed by atoms with E-state index in [2.05, 4.69) is 19.9 Å². The van der Waals surface area contributed by atoms with Crippen LogP contribution in [0.15, 0.2) is 24.3 Å². The lowest BCUT2D eigenvalue weighted by Crippen LogP contribution is -2.26. The van der Waals surface area contributed by atoms with Crippen LogP contribution in [0.1, 0.15) is 43.9 Å². The number of aliphatic hydroxyl groups is 1. The predicted molar refractivity (Wildman–Crippen MR) is 75.4 cm³/mol. The first-order valence-electron chi connectivity index (χ1n) is 5.98. The lowest BCUT2D eigenvalue weighted by Gasteiger charge is -2.20. The highest BCUT2D eigenvalue weighted by Crippen LogP contribution is 2.19. The van der Waals surface area contributed by atoms with Gasteiger partial charge in [-0.15, -0.1) is 12.4 Å². The summed E-state index contributed by atoms with van der Waals surface area (Å²) in [5, 5.41) is 18.6. The average molecular weight is 269 g/mol. The van der Waals surface area contributed by atoms with Gasteiger partial charge in [-0.3, -0.25) is 0 Å². The first-order chi connectivity index (χ1) is 8.04. The molecule has 0 spiro atoms. The number of aliphatic hydroxyl groups excluding tert-OH is 1. The van der Waals surface area contributed by atoms with Crippen molar-refractivity contribution in [1.82, 2.24) is 0 Å². The van der Waals surface area contributed by atoms with Crippen LogP contribution in [-0.2, 0) is 0 Å². The molecule has 4 heteroatoms. The SMILES string of the molecule is CC(C)CC[C@H](O)[C@H](N)c1ccc(C#N)cc1.Cl. The molecular weight excluding hydrogens is 248 g/mol. The molecule has 1 aromatic rings. The van der Waals surface area contributed by atoms with Gasteiger partial charge >= 0.3 is 0 Å². The molecule has 0 aromatic heterocycles. The van der Waals surface area contributed by atoms with E-state index < -0.39 is 6.10 Å². The van der Waals surface area contributed by atoms with Gasteiger partial charge in [0.2, 0.25) is 0 Å². The van der Waals surface area contributed by atoms with Gasteiger partial charge < -0.3 is 10.8 Å². The van der Waals surface area contributed by atoms with Gasteiger partial charge in [0.05, 0.1) is 23.8 Å². The molecule has 1 aromatic carbocycles. The second-order valence-corrected chi connectivity index (χ2v) is 4.80. The molecule has 0 unspecified atom stereocenters. The first-order valence-corrected chi connectivity index (χ1v) is 5.98. The van der Waals surface area contributed by atoms with Gasteiger partial charge in [0, 0.05) is 0 Å². The molecule has 0 saturated carbocycles. The smallest absolute Gasteiger partial charge is 0.0991 e. The van der Waals surface area contributed by atoms with Crippen molar-refractivity contribution in [2.24, 2.45) is 11.7 Å². The molecule has 0 aliphatic rings. The van der Waals surface area contributed by atoms with Gasteiger partial charge in [0.25, 0.3) is 0 Å². The second-order valence-electron chi connectivity index (χ2n) is 4.80. The molecular formula is C14H21ClN2O. The van der Waals surface area contributed by atoms with E-state index in [1.54, 1.807) is 12.1 Å². The molecule has 0 radical (unpaired) electrons. The zero-order chi connectivity index (χ0) is 12.8. The molecule has 3 nitrogen and oxygen atoms in total. The van der Waals surface area contributed by atoms with Crippen molar-refractivity contribution >= 4 is 12.4 Å². The molecule has 0 fully saturated rings. The van der Waals surface area contributed by atoms with Crippen LogP contribution in [0.4, 0.5) is 0 Å². The van der Waals surface area contributed by atoms with E-state index in [1.807, 2.05) is 12.1 Å². The summed E-state index contributed by atoms with van der Waals surface area (Å²) < 4.78 is 0.